The van der Waals surface area contributed by atoms with Gasteiger partial charge in [-0.2, -0.15) is 0 Å². The summed E-state index contributed by atoms with van der Waals surface area (Å²) in [5.74, 6) is -1.37. The van der Waals surface area contributed by atoms with Gasteiger partial charge in [0.05, 0.1) is 5.56 Å². The van der Waals surface area contributed by atoms with E-state index in [-0.39, 0.29) is 5.56 Å². The highest BCUT2D eigenvalue weighted by Crippen LogP contribution is 2.14. The number of halogens is 1. The molecular weight excluding hydrogens is 197 g/mol. The molecular formula is C10H14FN3O. The summed E-state index contributed by atoms with van der Waals surface area (Å²) in [5.41, 5.74) is 10.9. The second-order valence-electron chi connectivity index (χ2n) is 3.13. The van der Waals surface area contributed by atoms with Crippen LogP contribution in [0.5, 0.6) is 0 Å². The highest BCUT2D eigenvalue weighted by Gasteiger charge is 2.08. The van der Waals surface area contributed by atoms with E-state index in [2.05, 4.69) is 5.32 Å². The normalized spacial score (nSPS) is 10.0. The zero-order valence-corrected chi connectivity index (χ0v) is 8.29. The van der Waals surface area contributed by atoms with Crippen LogP contribution in [0.1, 0.15) is 16.8 Å². The Labute approximate surface area is 87.4 Å². The number of hydrogen-bond donors (Lipinski definition) is 3. The number of benzene rings is 1. The number of carbonyl (C=O) groups is 1. The predicted molar refractivity (Wildman–Crippen MR) is 57.1 cm³/mol. The van der Waals surface area contributed by atoms with Gasteiger partial charge < -0.3 is 16.8 Å². The SMILES string of the molecule is NCCCNc1ccc(F)c(C(N)=O)c1. The molecule has 82 valence electrons. The van der Waals surface area contributed by atoms with Gasteiger partial charge in [0.15, 0.2) is 0 Å². The molecule has 1 amide bonds. The summed E-state index contributed by atoms with van der Waals surface area (Å²) in [7, 11) is 0. The molecule has 0 saturated carbocycles. The number of anilines is 1. The second kappa shape index (κ2) is 5.31. The Balaban J connectivity index is 2.74. The lowest BCUT2D eigenvalue weighted by atomic mass is 10.2. The fraction of sp³-hybridized carbons (Fsp3) is 0.300. The summed E-state index contributed by atoms with van der Waals surface area (Å²) in [6, 6.07) is 4.16. The van der Waals surface area contributed by atoms with E-state index in [0.717, 1.165) is 6.42 Å². The van der Waals surface area contributed by atoms with E-state index in [9.17, 15) is 9.18 Å². The molecule has 0 atom stereocenters. The van der Waals surface area contributed by atoms with Gasteiger partial charge in [0.1, 0.15) is 5.82 Å². The van der Waals surface area contributed by atoms with Crippen molar-refractivity contribution in [1.29, 1.82) is 0 Å². The minimum Gasteiger partial charge on any atom is -0.385 e. The molecule has 1 aromatic rings. The molecule has 0 fully saturated rings. The predicted octanol–water partition coefficient (Wildman–Crippen LogP) is 0.685. The highest BCUT2D eigenvalue weighted by molar-refractivity contribution is 5.94. The summed E-state index contributed by atoms with van der Waals surface area (Å²) >= 11 is 0. The Morgan fingerprint density at radius 2 is 2.20 bits per heavy atom. The molecule has 0 saturated heterocycles. The molecule has 0 spiro atoms. The molecule has 0 aliphatic heterocycles. The summed E-state index contributed by atoms with van der Waals surface area (Å²) in [4.78, 5) is 10.8. The number of hydrogen-bond acceptors (Lipinski definition) is 3. The van der Waals surface area contributed by atoms with Gasteiger partial charge in [-0.15, -0.1) is 0 Å². The minimum atomic E-state index is -0.769. The molecule has 0 heterocycles. The summed E-state index contributed by atoms with van der Waals surface area (Å²) in [5, 5.41) is 3.01. The van der Waals surface area contributed by atoms with Gasteiger partial charge >= 0.3 is 0 Å². The van der Waals surface area contributed by atoms with Crippen LogP contribution in [-0.2, 0) is 0 Å². The van der Waals surface area contributed by atoms with Gasteiger partial charge in [-0.05, 0) is 31.2 Å². The van der Waals surface area contributed by atoms with E-state index < -0.39 is 11.7 Å². The summed E-state index contributed by atoms with van der Waals surface area (Å²) in [6.45, 7) is 1.26. The Morgan fingerprint density at radius 1 is 1.47 bits per heavy atom. The summed E-state index contributed by atoms with van der Waals surface area (Å²) < 4.78 is 13.1. The molecule has 0 aromatic heterocycles. The quantitative estimate of drug-likeness (QED) is 0.626. The van der Waals surface area contributed by atoms with Crippen molar-refractivity contribution >= 4 is 11.6 Å². The van der Waals surface area contributed by atoms with Crippen molar-refractivity contribution in [1.82, 2.24) is 0 Å². The van der Waals surface area contributed by atoms with E-state index in [1.165, 1.54) is 12.1 Å². The number of nitrogens with one attached hydrogen (secondary N) is 1. The first-order valence-electron chi connectivity index (χ1n) is 4.68. The maximum Gasteiger partial charge on any atom is 0.251 e. The minimum absolute atomic E-state index is 0.104. The number of rotatable bonds is 5. The van der Waals surface area contributed by atoms with E-state index in [4.69, 9.17) is 11.5 Å². The van der Waals surface area contributed by atoms with Gasteiger partial charge in [-0.25, -0.2) is 4.39 Å². The Kier molecular flexibility index (Phi) is 4.05. The number of nitrogens with two attached hydrogens (primary N) is 2. The molecule has 0 aliphatic rings. The second-order valence-corrected chi connectivity index (χ2v) is 3.13. The van der Waals surface area contributed by atoms with Crippen molar-refractivity contribution in [3.63, 3.8) is 0 Å². The third-order valence-corrected chi connectivity index (χ3v) is 1.94. The van der Waals surface area contributed by atoms with Crippen LogP contribution in [-0.4, -0.2) is 19.0 Å². The van der Waals surface area contributed by atoms with E-state index in [1.54, 1.807) is 6.07 Å². The maximum atomic E-state index is 13.1. The molecule has 0 bridgehead atoms. The van der Waals surface area contributed by atoms with Crippen LogP contribution >= 0.6 is 0 Å². The Morgan fingerprint density at radius 3 is 2.80 bits per heavy atom. The standard InChI is InChI=1S/C10H14FN3O/c11-9-3-2-7(14-5-1-4-12)6-8(9)10(13)15/h2-3,6,14H,1,4-5,12H2,(H2,13,15). The first-order chi connectivity index (χ1) is 7.15. The molecule has 1 rings (SSSR count). The molecule has 15 heavy (non-hydrogen) atoms. The molecule has 0 radical (unpaired) electrons. The van der Waals surface area contributed by atoms with Crippen molar-refractivity contribution in [2.45, 2.75) is 6.42 Å². The molecule has 5 heteroatoms. The lowest BCUT2D eigenvalue weighted by molar-refractivity contribution is 0.0996. The molecule has 4 nitrogen and oxygen atoms in total. The maximum absolute atomic E-state index is 13.1. The van der Waals surface area contributed by atoms with Gasteiger partial charge in [0, 0.05) is 12.2 Å². The van der Waals surface area contributed by atoms with Gasteiger partial charge in [0.2, 0.25) is 0 Å². The number of primary amides is 1. The average Bonchev–Trinajstić information content (AvgIpc) is 2.20. The first-order valence-corrected chi connectivity index (χ1v) is 4.68. The lowest BCUT2D eigenvalue weighted by Crippen LogP contribution is -2.14. The fourth-order valence-corrected chi connectivity index (χ4v) is 1.16. The monoisotopic (exact) mass is 211 g/mol. The van der Waals surface area contributed by atoms with Crippen LogP contribution in [0.3, 0.4) is 0 Å². The van der Waals surface area contributed by atoms with Crippen LogP contribution in [0.15, 0.2) is 18.2 Å². The smallest absolute Gasteiger partial charge is 0.251 e. The average molecular weight is 211 g/mol. The molecule has 1 aromatic carbocycles. The van der Waals surface area contributed by atoms with Crippen LogP contribution in [0.2, 0.25) is 0 Å². The highest BCUT2D eigenvalue weighted by atomic mass is 19.1. The largest absolute Gasteiger partial charge is 0.385 e. The van der Waals surface area contributed by atoms with Gasteiger partial charge in [-0.3, -0.25) is 4.79 Å². The van der Waals surface area contributed by atoms with E-state index in [1.807, 2.05) is 0 Å². The third kappa shape index (κ3) is 3.21. The zero-order chi connectivity index (χ0) is 11.3. The van der Waals surface area contributed by atoms with E-state index in [0.29, 0.717) is 18.8 Å². The lowest BCUT2D eigenvalue weighted by Gasteiger charge is -2.06. The summed E-state index contributed by atoms with van der Waals surface area (Å²) in [6.07, 6.45) is 0.809. The van der Waals surface area contributed by atoms with Crippen molar-refractivity contribution in [2.75, 3.05) is 18.4 Å². The molecule has 0 unspecified atom stereocenters. The van der Waals surface area contributed by atoms with Crippen LogP contribution < -0.4 is 16.8 Å². The topological polar surface area (TPSA) is 81.1 Å². The van der Waals surface area contributed by atoms with Crippen LogP contribution in [0.25, 0.3) is 0 Å². The van der Waals surface area contributed by atoms with Crippen molar-refractivity contribution < 1.29 is 9.18 Å². The zero-order valence-electron chi connectivity index (χ0n) is 8.29. The van der Waals surface area contributed by atoms with Crippen molar-refractivity contribution in [3.05, 3.63) is 29.6 Å². The third-order valence-electron chi connectivity index (χ3n) is 1.94. The fourth-order valence-electron chi connectivity index (χ4n) is 1.16. The first kappa shape index (κ1) is 11.5. The Bertz CT molecular complexity index is 355. The van der Waals surface area contributed by atoms with Gasteiger partial charge in [-0.1, -0.05) is 0 Å². The number of amides is 1. The molecule has 0 aliphatic carbocycles. The molecule has 5 N–H and O–H groups in total. The van der Waals surface area contributed by atoms with Crippen molar-refractivity contribution in [2.24, 2.45) is 11.5 Å². The van der Waals surface area contributed by atoms with Gasteiger partial charge in [0.25, 0.3) is 5.91 Å². The Hall–Kier alpha value is -1.62. The van der Waals surface area contributed by atoms with Crippen LogP contribution in [0.4, 0.5) is 10.1 Å². The van der Waals surface area contributed by atoms with Crippen LogP contribution in [0, 0.1) is 5.82 Å². The van der Waals surface area contributed by atoms with Crippen molar-refractivity contribution in [3.8, 4) is 0 Å². The number of carbonyl (C=O) groups excluding carboxylic acids is 1. The van der Waals surface area contributed by atoms with E-state index >= 15 is 0 Å².